The molecule has 0 heterocycles. The SMILES string of the molecule is CC[N+](C)(C)CCCCC[Si](OC)(OC)OC.[Cl-]. The van der Waals surface area contributed by atoms with Gasteiger partial charge >= 0.3 is 8.80 Å². The van der Waals surface area contributed by atoms with Crippen molar-refractivity contribution in [2.75, 3.05) is 48.5 Å². The van der Waals surface area contributed by atoms with Crippen LogP contribution < -0.4 is 12.4 Å². The van der Waals surface area contributed by atoms with Crippen molar-refractivity contribution in [2.24, 2.45) is 0 Å². The van der Waals surface area contributed by atoms with Crippen molar-refractivity contribution >= 4 is 8.80 Å². The number of halogens is 1. The van der Waals surface area contributed by atoms with Crippen molar-refractivity contribution in [1.82, 2.24) is 0 Å². The van der Waals surface area contributed by atoms with Gasteiger partial charge in [-0.15, -0.1) is 0 Å². The molecule has 0 atom stereocenters. The van der Waals surface area contributed by atoms with Crippen molar-refractivity contribution < 1.29 is 30.2 Å². The van der Waals surface area contributed by atoms with E-state index in [4.69, 9.17) is 13.3 Å². The van der Waals surface area contributed by atoms with Crippen LogP contribution in [0, 0.1) is 0 Å². The molecule has 0 radical (unpaired) electrons. The monoisotopic (exact) mass is 299 g/mol. The minimum atomic E-state index is -2.33. The Kier molecular flexibility index (Phi) is 11.7. The number of rotatable bonds is 10. The molecule has 112 valence electrons. The van der Waals surface area contributed by atoms with Gasteiger partial charge in [-0.3, -0.25) is 0 Å². The lowest BCUT2D eigenvalue weighted by atomic mass is 10.2. The molecule has 18 heavy (non-hydrogen) atoms. The highest BCUT2D eigenvalue weighted by molar-refractivity contribution is 6.60. The first kappa shape index (κ1) is 20.7. The first-order valence-electron chi connectivity index (χ1n) is 6.42. The quantitative estimate of drug-likeness (QED) is 0.298. The zero-order valence-corrected chi connectivity index (χ0v) is 14.5. The van der Waals surface area contributed by atoms with E-state index in [2.05, 4.69) is 21.0 Å². The molecule has 0 saturated heterocycles. The molecule has 6 heteroatoms. The van der Waals surface area contributed by atoms with Crippen LogP contribution in [0.5, 0.6) is 0 Å². The molecule has 0 aliphatic heterocycles. The van der Waals surface area contributed by atoms with Gasteiger partial charge < -0.3 is 30.2 Å². The number of unbranched alkanes of at least 4 members (excludes halogenated alkanes) is 2. The van der Waals surface area contributed by atoms with Crippen LogP contribution in [0.1, 0.15) is 26.2 Å². The van der Waals surface area contributed by atoms with E-state index in [1.165, 1.54) is 25.9 Å². The van der Waals surface area contributed by atoms with Gasteiger partial charge in [0.2, 0.25) is 0 Å². The third-order valence-corrected chi connectivity index (χ3v) is 6.37. The Hall–Kier alpha value is 0.347. The first-order chi connectivity index (χ1) is 7.95. The molecule has 0 saturated carbocycles. The van der Waals surface area contributed by atoms with Crippen LogP contribution in [0.2, 0.25) is 6.04 Å². The lowest BCUT2D eigenvalue weighted by molar-refractivity contribution is -0.888. The normalized spacial score (nSPS) is 12.3. The van der Waals surface area contributed by atoms with Gasteiger partial charge in [-0.1, -0.05) is 0 Å². The summed E-state index contributed by atoms with van der Waals surface area (Å²) in [6, 6.07) is 0.913. The number of hydrogen-bond donors (Lipinski definition) is 0. The highest BCUT2D eigenvalue weighted by Crippen LogP contribution is 2.17. The van der Waals surface area contributed by atoms with Crippen LogP contribution in [0.3, 0.4) is 0 Å². The van der Waals surface area contributed by atoms with Crippen molar-refractivity contribution in [2.45, 2.75) is 32.2 Å². The fraction of sp³-hybridized carbons (Fsp3) is 1.00. The Balaban J connectivity index is 0. The van der Waals surface area contributed by atoms with Gasteiger partial charge in [0.25, 0.3) is 0 Å². The van der Waals surface area contributed by atoms with Crippen LogP contribution in [-0.4, -0.2) is 61.8 Å². The first-order valence-corrected chi connectivity index (χ1v) is 8.36. The summed E-state index contributed by atoms with van der Waals surface area (Å²) in [5.74, 6) is 0. The highest BCUT2D eigenvalue weighted by atomic mass is 35.5. The van der Waals surface area contributed by atoms with Gasteiger partial charge in [0, 0.05) is 27.4 Å². The van der Waals surface area contributed by atoms with Gasteiger partial charge in [0.15, 0.2) is 0 Å². The minimum absolute atomic E-state index is 0. The molecular weight excluding hydrogens is 270 g/mol. The number of quaternary nitrogens is 1. The fourth-order valence-electron chi connectivity index (χ4n) is 1.77. The van der Waals surface area contributed by atoms with Crippen molar-refractivity contribution in [1.29, 1.82) is 0 Å². The largest absolute Gasteiger partial charge is 1.00 e. The lowest BCUT2D eigenvalue weighted by Crippen LogP contribution is -3.00. The van der Waals surface area contributed by atoms with E-state index in [1.54, 1.807) is 21.3 Å². The summed E-state index contributed by atoms with van der Waals surface area (Å²) in [5, 5.41) is 0. The van der Waals surface area contributed by atoms with E-state index in [9.17, 15) is 0 Å². The molecule has 0 unspecified atom stereocenters. The highest BCUT2D eigenvalue weighted by Gasteiger charge is 2.36. The summed E-state index contributed by atoms with van der Waals surface area (Å²) in [5.41, 5.74) is 0. The number of nitrogens with zero attached hydrogens (tertiary/aromatic N) is 1. The smallest absolute Gasteiger partial charge is 0.500 e. The molecule has 0 fully saturated rings. The summed E-state index contributed by atoms with van der Waals surface area (Å²) >= 11 is 0. The molecule has 0 spiro atoms. The maximum atomic E-state index is 5.40. The molecule has 4 nitrogen and oxygen atoms in total. The van der Waals surface area contributed by atoms with Crippen LogP contribution in [0.4, 0.5) is 0 Å². The third-order valence-electron chi connectivity index (χ3n) is 3.54. The maximum absolute atomic E-state index is 5.40. The zero-order valence-electron chi connectivity index (χ0n) is 12.8. The van der Waals surface area contributed by atoms with Gasteiger partial charge in [-0.2, -0.15) is 0 Å². The second-order valence-corrected chi connectivity index (χ2v) is 8.17. The van der Waals surface area contributed by atoms with Gasteiger partial charge in [-0.25, -0.2) is 0 Å². The Bertz CT molecular complexity index is 193. The molecule has 0 aromatic carbocycles. The standard InChI is InChI=1S/C12H30NO3Si.ClH/c1-7-13(2,3)11-9-8-10-12-17(14-4,15-5)16-6;/h7-12H2,1-6H3;1H/q+1;/p-1. The van der Waals surface area contributed by atoms with Crippen LogP contribution in [0.25, 0.3) is 0 Å². The topological polar surface area (TPSA) is 27.7 Å². The maximum Gasteiger partial charge on any atom is 0.500 e. The third kappa shape index (κ3) is 7.71. The van der Waals surface area contributed by atoms with Gasteiger partial charge in [0.1, 0.15) is 0 Å². The molecule has 0 rings (SSSR count). The summed E-state index contributed by atoms with van der Waals surface area (Å²) < 4.78 is 17.3. The fourth-order valence-corrected chi connectivity index (χ4v) is 3.57. The summed E-state index contributed by atoms with van der Waals surface area (Å²) in [6.07, 6.45) is 3.58. The van der Waals surface area contributed by atoms with E-state index in [0.29, 0.717) is 0 Å². The lowest BCUT2D eigenvalue weighted by Gasteiger charge is -2.28. The molecule has 0 aromatic rings. The molecular formula is C12H30ClNO3Si. The Morgan fingerprint density at radius 3 is 1.78 bits per heavy atom. The Morgan fingerprint density at radius 1 is 0.889 bits per heavy atom. The summed E-state index contributed by atoms with van der Waals surface area (Å²) in [7, 11) is 7.26. The zero-order chi connectivity index (χ0) is 13.4. The van der Waals surface area contributed by atoms with E-state index in [0.717, 1.165) is 16.9 Å². The average molecular weight is 300 g/mol. The Labute approximate surface area is 120 Å². The predicted octanol–water partition coefficient (Wildman–Crippen LogP) is -0.865. The van der Waals surface area contributed by atoms with Crippen molar-refractivity contribution in [3.8, 4) is 0 Å². The van der Waals surface area contributed by atoms with E-state index in [1.807, 2.05) is 0 Å². The molecule has 0 bridgehead atoms. The molecule has 0 amide bonds. The van der Waals surface area contributed by atoms with Crippen LogP contribution >= 0.6 is 0 Å². The van der Waals surface area contributed by atoms with Crippen LogP contribution in [0.15, 0.2) is 0 Å². The average Bonchev–Trinajstić information content (AvgIpc) is 2.34. The van der Waals surface area contributed by atoms with Crippen molar-refractivity contribution in [3.63, 3.8) is 0 Å². The second kappa shape index (κ2) is 10.2. The van der Waals surface area contributed by atoms with E-state index >= 15 is 0 Å². The molecule has 0 aromatic heterocycles. The van der Waals surface area contributed by atoms with Crippen LogP contribution in [-0.2, 0) is 13.3 Å². The molecule has 0 N–H and O–H groups in total. The summed E-state index contributed by atoms with van der Waals surface area (Å²) in [6.45, 7) is 4.66. The van der Waals surface area contributed by atoms with Gasteiger partial charge in [0.05, 0.1) is 27.2 Å². The van der Waals surface area contributed by atoms with E-state index < -0.39 is 8.80 Å². The second-order valence-electron chi connectivity index (χ2n) is 5.08. The predicted molar refractivity (Wildman–Crippen MR) is 73.0 cm³/mol. The molecule has 0 aliphatic carbocycles. The van der Waals surface area contributed by atoms with Gasteiger partial charge in [-0.05, 0) is 26.2 Å². The minimum Gasteiger partial charge on any atom is -1.00 e. The Morgan fingerprint density at radius 2 is 1.39 bits per heavy atom. The molecule has 0 aliphatic rings. The summed E-state index contributed by atoms with van der Waals surface area (Å²) in [4.78, 5) is 0. The number of hydrogen-bond acceptors (Lipinski definition) is 3. The van der Waals surface area contributed by atoms with Crippen molar-refractivity contribution in [3.05, 3.63) is 0 Å². The van der Waals surface area contributed by atoms with E-state index in [-0.39, 0.29) is 12.4 Å².